The summed E-state index contributed by atoms with van der Waals surface area (Å²) in [6, 6.07) is 1.93. The van der Waals surface area contributed by atoms with Crippen molar-refractivity contribution in [1.29, 1.82) is 0 Å². The van der Waals surface area contributed by atoms with Crippen LogP contribution in [0.25, 0.3) is 6.08 Å². The van der Waals surface area contributed by atoms with Crippen LogP contribution in [0.5, 0.6) is 0 Å². The second-order valence-electron chi connectivity index (χ2n) is 3.38. The van der Waals surface area contributed by atoms with Gasteiger partial charge in [-0.05, 0) is 45.4 Å². The molecule has 92 valence electrons. The second kappa shape index (κ2) is 7.24. The van der Waals surface area contributed by atoms with E-state index in [0.717, 1.165) is 9.35 Å². The maximum absolute atomic E-state index is 11.3. The van der Waals surface area contributed by atoms with Crippen molar-refractivity contribution in [1.82, 2.24) is 5.32 Å². The number of nitrogens with two attached hydrogens (primary N) is 1. The second-order valence-corrected chi connectivity index (χ2v) is 5.67. The molecule has 0 aliphatic heterocycles. The van der Waals surface area contributed by atoms with Gasteiger partial charge in [-0.1, -0.05) is 0 Å². The number of amides is 2. The molecular formula is C11H13BrN2O2S. The number of nitrogens with one attached hydrogen (secondary N) is 1. The summed E-state index contributed by atoms with van der Waals surface area (Å²) in [5.74, 6) is -0.519. The van der Waals surface area contributed by atoms with Crippen LogP contribution in [-0.2, 0) is 9.59 Å². The van der Waals surface area contributed by atoms with Gasteiger partial charge in [0.1, 0.15) is 0 Å². The molecule has 2 amide bonds. The molecule has 4 nitrogen and oxygen atoms in total. The highest BCUT2D eigenvalue weighted by atomic mass is 79.9. The number of carbonyl (C=O) groups is 2. The van der Waals surface area contributed by atoms with Crippen molar-refractivity contribution in [2.24, 2.45) is 5.73 Å². The van der Waals surface area contributed by atoms with E-state index in [4.69, 9.17) is 5.73 Å². The van der Waals surface area contributed by atoms with Gasteiger partial charge in [-0.15, -0.1) is 11.3 Å². The lowest BCUT2D eigenvalue weighted by molar-refractivity contribution is -0.119. The zero-order valence-electron chi connectivity index (χ0n) is 9.11. The van der Waals surface area contributed by atoms with E-state index in [1.807, 2.05) is 11.4 Å². The molecule has 0 radical (unpaired) electrons. The van der Waals surface area contributed by atoms with E-state index in [-0.39, 0.29) is 11.8 Å². The summed E-state index contributed by atoms with van der Waals surface area (Å²) in [7, 11) is 0. The predicted molar refractivity (Wildman–Crippen MR) is 72.5 cm³/mol. The number of hydrogen-bond donors (Lipinski definition) is 2. The van der Waals surface area contributed by atoms with Gasteiger partial charge in [0.2, 0.25) is 11.8 Å². The lowest BCUT2D eigenvalue weighted by Crippen LogP contribution is -2.23. The average Bonchev–Trinajstić information content (AvgIpc) is 2.67. The van der Waals surface area contributed by atoms with E-state index >= 15 is 0 Å². The minimum absolute atomic E-state index is 0.170. The molecule has 0 bridgehead atoms. The zero-order chi connectivity index (χ0) is 12.7. The third kappa shape index (κ3) is 6.23. The Morgan fingerprint density at radius 2 is 2.29 bits per heavy atom. The first kappa shape index (κ1) is 13.9. The van der Waals surface area contributed by atoms with Gasteiger partial charge >= 0.3 is 0 Å². The molecule has 0 saturated heterocycles. The molecular weight excluding hydrogens is 304 g/mol. The highest BCUT2D eigenvalue weighted by Crippen LogP contribution is 2.21. The van der Waals surface area contributed by atoms with E-state index in [1.165, 1.54) is 6.08 Å². The summed E-state index contributed by atoms with van der Waals surface area (Å²) in [4.78, 5) is 21.8. The van der Waals surface area contributed by atoms with Gasteiger partial charge < -0.3 is 11.1 Å². The van der Waals surface area contributed by atoms with E-state index in [1.54, 1.807) is 17.4 Å². The molecule has 0 atom stereocenters. The molecule has 6 heteroatoms. The third-order valence-electron chi connectivity index (χ3n) is 1.91. The first-order valence-corrected chi connectivity index (χ1v) is 6.73. The maximum atomic E-state index is 11.3. The fourth-order valence-corrected chi connectivity index (χ4v) is 2.26. The monoisotopic (exact) mass is 316 g/mol. The summed E-state index contributed by atoms with van der Waals surface area (Å²) in [5, 5.41) is 4.62. The van der Waals surface area contributed by atoms with Crippen LogP contribution in [0.3, 0.4) is 0 Å². The molecule has 17 heavy (non-hydrogen) atoms. The molecule has 0 aliphatic carbocycles. The molecule has 1 rings (SSSR count). The van der Waals surface area contributed by atoms with Crippen LogP contribution in [0.2, 0.25) is 0 Å². The predicted octanol–water partition coefficient (Wildman–Crippen LogP) is 1.91. The van der Waals surface area contributed by atoms with Crippen LogP contribution < -0.4 is 11.1 Å². The van der Waals surface area contributed by atoms with Crippen molar-refractivity contribution in [2.45, 2.75) is 12.8 Å². The smallest absolute Gasteiger partial charge is 0.243 e. The van der Waals surface area contributed by atoms with Gasteiger partial charge in [-0.2, -0.15) is 0 Å². The van der Waals surface area contributed by atoms with Crippen LogP contribution in [0.1, 0.15) is 18.4 Å². The Morgan fingerprint density at radius 3 is 2.88 bits per heavy atom. The van der Waals surface area contributed by atoms with Crippen LogP contribution in [0, 0.1) is 0 Å². The van der Waals surface area contributed by atoms with Crippen molar-refractivity contribution >= 4 is 45.2 Å². The molecule has 0 aliphatic rings. The lowest BCUT2D eigenvalue weighted by atomic mass is 10.3. The Balaban J connectivity index is 2.25. The highest BCUT2D eigenvalue weighted by molar-refractivity contribution is 9.11. The molecule has 0 aromatic carbocycles. The highest BCUT2D eigenvalue weighted by Gasteiger charge is 1.98. The topological polar surface area (TPSA) is 72.2 Å². The van der Waals surface area contributed by atoms with Crippen molar-refractivity contribution in [3.63, 3.8) is 0 Å². The average molecular weight is 317 g/mol. The van der Waals surface area contributed by atoms with Crippen LogP contribution in [-0.4, -0.2) is 18.4 Å². The van der Waals surface area contributed by atoms with E-state index in [9.17, 15) is 9.59 Å². The lowest BCUT2D eigenvalue weighted by Gasteiger charge is -1.99. The van der Waals surface area contributed by atoms with E-state index in [0.29, 0.717) is 19.4 Å². The molecule has 0 unspecified atom stereocenters. The van der Waals surface area contributed by atoms with Gasteiger partial charge in [-0.3, -0.25) is 9.59 Å². The summed E-state index contributed by atoms with van der Waals surface area (Å²) in [6.45, 7) is 0.458. The van der Waals surface area contributed by atoms with Crippen LogP contribution in [0.15, 0.2) is 21.3 Å². The van der Waals surface area contributed by atoms with Crippen molar-refractivity contribution < 1.29 is 9.59 Å². The Hall–Kier alpha value is -1.14. The van der Waals surface area contributed by atoms with Gasteiger partial charge in [0.05, 0.1) is 3.79 Å². The Kier molecular flexibility index (Phi) is 5.93. The Morgan fingerprint density at radius 1 is 1.53 bits per heavy atom. The van der Waals surface area contributed by atoms with Gasteiger partial charge in [0.25, 0.3) is 0 Å². The summed E-state index contributed by atoms with van der Waals surface area (Å²) in [5.41, 5.74) is 5.96. The number of hydrogen-bond acceptors (Lipinski definition) is 3. The van der Waals surface area contributed by atoms with Gasteiger partial charge in [0.15, 0.2) is 0 Å². The Labute approximate surface area is 112 Å². The number of carbonyl (C=O) groups excluding carboxylic acids is 2. The minimum Gasteiger partial charge on any atom is -0.370 e. The molecule has 0 spiro atoms. The van der Waals surface area contributed by atoms with Crippen molar-refractivity contribution in [3.8, 4) is 0 Å². The summed E-state index contributed by atoms with van der Waals surface area (Å²) in [6.07, 6.45) is 4.07. The van der Waals surface area contributed by atoms with Crippen LogP contribution >= 0.6 is 27.3 Å². The van der Waals surface area contributed by atoms with E-state index in [2.05, 4.69) is 21.2 Å². The standard InChI is InChI=1S/C11H13BrN2O2S/c12-9-6-8(7-17-9)3-4-11(16)14-5-1-2-10(13)15/h3-4,6-7H,1-2,5H2,(H2,13,15)(H,14,16). The van der Waals surface area contributed by atoms with Gasteiger partial charge in [-0.25, -0.2) is 0 Å². The van der Waals surface area contributed by atoms with Crippen LogP contribution in [0.4, 0.5) is 0 Å². The molecule has 1 heterocycles. The quantitative estimate of drug-likeness (QED) is 0.621. The first-order chi connectivity index (χ1) is 8.08. The zero-order valence-corrected chi connectivity index (χ0v) is 11.5. The number of primary amides is 1. The summed E-state index contributed by atoms with van der Waals surface area (Å²) >= 11 is 4.91. The number of halogens is 1. The SMILES string of the molecule is NC(=O)CCCNC(=O)C=Cc1csc(Br)c1. The maximum Gasteiger partial charge on any atom is 0.243 e. The fraction of sp³-hybridized carbons (Fsp3) is 0.273. The summed E-state index contributed by atoms with van der Waals surface area (Å²) < 4.78 is 1.03. The number of thiophene rings is 1. The largest absolute Gasteiger partial charge is 0.370 e. The molecule has 0 fully saturated rings. The molecule has 0 saturated carbocycles. The fourth-order valence-electron chi connectivity index (χ4n) is 1.12. The van der Waals surface area contributed by atoms with E-state index < -0.39 is 0 Å². The number of rotatable bonds is 6. The molecule has 1 aromatic rings. The van der Waals surface area contributed by atoms with Crippen molar-refractivity contribution in [3.05, 3.63) is 26.9 Å². The molecule has 1 aromatic heterocycles. The normalized spacial score (nSPS) is 10.6. The minimum atomic E-state index is -0.349. The third-order valence-corrected chi connectivity index (χ3v) is 3.44. The molecule has 3 N–H and O–H groups in total. The Bertz CT molecular complexity index is 429. The first-order valence-electron chi connectivity index (χ1n) is 5.06. The van der Waals surface area contributed by atoms with Crippen molar-refractivity contribution in [2.75, 3.05) is 6.54 Å². The van der Waals surface area contributed by atoms with Gasteiger partial charge in [0, 0.05) is 19.0 Å².